The van der Waals surface area contributed by atoms with Gasteiger partial charge < -0.3 is 4.74 Å². The van der Waals surface area contributed by atoms with E-state index in [1.165, 1.54) is 11.3 Å². The van der Waals surface area contributed by atoms with E-state index in [0.717, 1.165) is 18.9 Å². The van der Waals surface area contributed by atoms with Crippen molar-refractivity contribution >= 4 is 49.0 Å². The molecule has 1 heterocycles. The van der Waals surface area contributed by atoms with Crippen LogP contribution >= 0.6 is 43.2 Å². The van der Waals surface area contributed by atoms with Gasteiger partial charge in [0.25, 0.3) is 0 Å². The van der Waals surface area contributed by atoms with Crippen LogP contribution in [-0.2, 0) is 0 Å². The summed E-state index contributed by atoms with van der Waals surface area (Å²) in [4.78, 5) is 12.0. The highest BCUT2D eigenvalue weighted by atomic mass is 79.9. The molecule has 94 valence electrons. The van der Waals surface area contributed by atoms with Crippen LogP contribution in [0.25, 0.3) is 0 Å². The number of ketones is 1. The van der Waals surface area contributed by atoms with Crippen molar-refractivity contribution in [2.24, 2.45) is 0 Å². The molecule has 0 fully saturated rings. The summed E-state index contributed by atoms with van der Waals surface area (Å²) in [5.74, 6) is 0.711. The number of rotatable bonds is 4. The number of para-hydroxylation sites is 1. The monoisotopic (exact) mass is 388 g/mol. The van der Waals surface area contributed by atoms with E-state index in [-0.39, 0.29) is 12.4 Å². The fraction of sp³-hybridized carbons (Fsp3) is 0.154. The standard InChI is InChI=1S/C13H10Br2O2S/c1-8-4-2-3-5-11(8)17-7-10(16)9-6-12(14)18-13(9)15/h2-6H,7H2,1H3. The molecule has 2 aromatic rings. The van der Waals surface area contributed by atoms with Gasteiger partial charge in [-0.2, -0.15) is 0 Å². The fourth-order valence-corrected chi connectivity index (χ4v) is 4.33. The average molecular weight is 390 g/mol. The summed E-state index contributed by atoms with van der Waals surface area (Å²) in [6.07, 6.45) is 0. The Hall–Kier alpha value is -0.650. The van der Waals surface area contributed by atoms with E-state index in [0.29, 0.717) is 5.56 Å². The number of halogens is 2. The molecule has 2 rings (SSSR count). The topological polar surface area (TPSA) is 26.3 Å². The Balaban J connectivity index is 2.05. The zero-order chi connectivity index (χ0) is 13.1. The second-order valence-electron chi connectivity index (χ2n) is 3.72. The van der Waals surface area contributed by atoms with Gasteiger partial charge in [-0.25, -0.2) is 0 Å². The lowest BCUT2D eigenvalue weighted by atomic mass is 10.2. The second-order valence-corrected chi connectivity index (χ2v) is 7.46. The molecule has 0 N–H and O–H groups in total. The predicted octanol–water partition coefficient (Wildman–Crippen LogP) is 4.84. The third-order valence-electron chi connectivity index (χ3n) is 2.41. The third-order valence-corrected chi connectivity index (χ3v) is 4.75. The Bertz CT molecular complexity index is 578. The molecular formula is C13H10Br2O2S. The molecule has 1 aromatic carbocycles. The molecule has 0 radical (unpaired) electrons. The number of hydrogen-bond donors (Lipinski definition) is 0. The smallest absolute Gasteiger partial charge is 0.202 e. The highest BCUT2D eigenvalue weighted by Gasteiger charge is 2.14. The lowest BCUT2D eigenvalue weighted by Gasteiger charge is -2.07. The van der Waals surface area contributed by atoms with Crippen LogP contribution in [0.1, 0.15) is 15.9 Å². The van der Waals surface area contributed by atoms with Crippen LogP contribution in [0.4, 0.5) is 0 Å². The molecule has 0 spiro atoms. The normalized spacial score (nSPS) is 10.4. The maximum atomic E-state index is 12.0. The highest BCUT2D eigenvalue weighted by Crippen LogP contribution is 2.32. The number of benzene rings is 1. The Morgan fingerprint density at radius 2 is 2.06 bits per heavy atom. The number of ether oxygens (including phenoxy) is 1. The number of carbonyl (C=O) groups is 1. The minimum atomic E-state index is -0.0351. The Morgan fingerprint density at radius 1 is 1.33 bits per heavy atom. The molecule has 1 aromatic heterocycles. The zero-order valence-corrected chi connectivity index (χ0v) is 13.6. The van der Waals surface area contributed by atoms with Gasteiger partial charge >= 0.3 is 0 Å². The molecule has 18 heavy (non-hydrogen) atoms. The van der Waals surface area contributed by atoms with Crippen LogP contribution in [0.15, 0.2) is 37.9 Å². The average Bonchev–Trinajstić information content (AvgIpc) is 2.67. The van der Waals surface area contributed by atoms with Crippen LogP contribution in [0.2, 0.25) is 0 Å². The first-order valence-electron chi connectivity index (χ1n) is 5.24. The van der Waals surface area contributed by atoms with Crippen molar-refractivity contribution < 1.29 is 9.53 Å². The van der Waals surface area contributed by atoms with Crippen LogP contribution in [-0.4, -0.2) is 12.4 Å². The van der Waals surface area contributed by atoms with Gasteiger partial charge in [-0.05, 0) is 56.5 Å². The van der Waals surface area contributed by atoms with E-state index >= 15 is 0 Å². The molecule has 0 saturated heterocycles. The Kier molecular flexibility index (Phi) is 4.59. The number of hydrogen-bond acceptors (Lipinski definition) is 3. The highest BCUT2D eigenvalue weighted by molar-refractivity contribution is 9.12. The predicted molar refractivity (Wildman–Crippen MR) is 80.7 cm³/mol. The van der Waals surface area contributed by atoms with Crippen LogP contribution in [0.3, 0.4) is 0 Å². The number of Topliss-reactive ketones (excluding diaryl/α,β-unsaturated/α-hetero) is 1. The first kappa shape index (κ1) is 13.8. The molecular weight excluding hydrogens is 380 g/mol. The van der Waals surface area contributed by atoms with Gasteiger partial charge in [0.15, 0.2) is 6.61 Å². The molecule has 0 aliphatic heterocycles. The van der Waals surface area contributed by atoms with Gasteiger partial charge in [0.1, 0.15) is 5.75 Å². The van der Waals surface area contributed by atoms with Gasteiger partial charge in [0, 0.05) is 5.56 Å². The molecule has 0 atom stereocenters. The number of aryl methyl sites for hydroxylation is 1. The fourth-order valence-electron chi connectivity index (χ4n) is 1.47. The molecule has 2 nitrogen and oxygen atoms in total. The van der Waals surface area contributed by atoms with E-state index < -0.39 is 0 Å². The summed E-state index contributed by atoms with van der Waals surface area (Å²) in [6, 6.07) is 9.46. The molecule has 0 unspecified atom stereocenters. The van der Waals surface area contributed by atoms with Crippen molar-refractivity contribution in [2.75, 3.05) is 6.61 Å². The Labute approximate surface area is 126 Å². The van der Waals surface area contributed by atoms with E-state index in [2.05, 4.69) is 31.9 Å². The summed E-state index contributed by atoms with van der Waals surface area (Å²) in [5.41, 5.74) is 1.68. The lowest BCUT2D eigenvalue weighted by Crippen LogP contribution is -2.11. The largest absolute Gasteiger partial charge is 0.485 e. The minimum Gasteiger partial charge on any atom is -0.485 e. The molecule has 0 aliphatic carbocycles. The zero-order valence-electron chi connectivity index (χ0n) is 9.57. The van der Waals surface area contributed by atoms with Gasteiger partial charge in [-0.1, -0.05) is 18.2 Å². The first-order valence-corrected chi connectivity index (χ1v) is 7.64. The maximum absolute atomic E-state index is 12.0. The van der Waals surface area contributed by atoms with E-state index in [4.69, 9.17) is 4.74 Å². The lowest BCUT2D eigenvalue weighted by molar-refractivity contribution is 0.0921. The quantitative estimate of drug-likeness (QED) is 0.699. The molecule has 0 saturated carbocycles. The molecule has 5 heteroatoms. The Morgan fingerprint density at radius 3 is 2.67 bits per heavy atom. The summed E-state index contributed by atoms with van der Waals surface area (Å²) in [7, 11) is 0. The summed E-state index contributed by atoms with van der Waals surface area (Å²) in [5, 5.41) is 0. The third kappa shape index (κ3) is 3.22. The van der Waals surface area contributed by atoms with Gasteiger partial charge in [-0.3, -0.25) is 4.79 Å². The number of thiophene rings is 1. The van der Waals surface area contributed by atoms with Crippen molar-refractivity contribution in [3.63, 3.8) is 0 Å². The van der Waals surface area contributed by atoms with Crippen LogP contribution in [0, 0.1) is 6.92 Å². The van der Waals surface area contributed by atoms with Crippen molar-refractivity contribution in [1.29, 1.82) is 0 Å². The first-order chi connectivity index (χ1) is 8.58. The minimum absolute atomic E-state index is 0.0351. The van der Waals surface area contributed by atoms with E-state index in [1.807, 2.05) is 31.2 Å². The maximum Gasteiger partial charge on any atom is 0.202 e. The van der Waals surface area contributed by atoms with E-state index in [9.17, 15) is 4.79 Å². The van der Waals surface area contributed by atoms with Gasteiger partial charge in [-0.15, -0.1) is 11.3 Å². The molecule has 0 amide bonds. The van der Waals surface area contributed by atoms with Crippen LogP contribution < -0.4 is 4.74 Å². The van der Waals surface area contributed by atoms with Crippen molar-refractivity contribution in [2.45, 2.75) is 6.92 Å². The van der Waals surface area contributed by atoms with Crippen molar-refractivity contribution in [3.8, 4) is 5.75 Å². The summed E-state index contributed by atoms with van der Waals surface area (Å²) < 4.78 is 7.29. The molecule has 0 bridgehead atoms. The van der Waals surface area contributed by atoms with Crippen molar-refractivity contribution in [3.05, 3.63) is 49.0 Å². The van der Waals surface area contributed by atoms with Gasteiger partial charge in [0.05, 0.1) is 7.57 Å². The molecule has 0 aliphatic rings. The van der Waals surface area contributed by atoms with Gasteiger partial charge in [0.2, 0.25) is 5.78 Å². The summed E-state index contributed by atoms with van der Waals surface area (Å²) >= 11 is 8.20. The van der Waals surface area contributed by atoms with Crippen LogP contribution in [0.5, 0.6) is 5.75 Å². The number of carbonyl (C=O) groups excluding carboxylic acids is 1. The second kappa shape index (κ2) is 5.99. The van der Waals surface area contributed by atoms with Crippen molar-refractivity contribution in [1.82, 2.24) is 0 Å². The summed E-state index contributed by atoms with van der Waals surface area (Å²) in [6.45, 7) is 2.00. The SMILES string of the molecule is Cc1ccccc1OCC(=O)c1cc(Br)sc1Br. The van der Waals surface area contributed by atoms with E-state index in [1.54, 1.807) is 6.07 Å².